The van der Waals surface area contributed by atoms with E-state index in [1.54, 1.807) is 25.3 Å². The highest BCUT2D eigenvalue weighted by molar-refractivity contribution is 6.29. The monoisotopic (exact) mass is 353 g/mol. The molecule has 8 heteroatoms. The van der Waals surface area contributed by atoms with Crippen LogP contribution in [0.3, 0.4) is 0 Å². The lowest BCUT2D eigenvalue weighted by molar-refractivity contribution is -0.137. The Morgan fingerprint density at radius 3 is 2.96 bits per heavy atom. The van der Waals surface area contributed by atoms with E-state index in [0.717, 1.165) is 17.7 Å². The minimum absolute atomic E-state index is 0.321. The number of rotatable bonds is 7. The van der Waals surface area contributed by atoms with Crippen LogP contribution >= 0.6 is 11.6 Å². The van der Waals surface area contributed by atoms with E-state index in [2.05, 4.69) is 10.3 Å². The summed E-state index contributed by atoms with van der Waals surface area (Å²) in [6.07, 6.45) is 4.53. The Hall–Kier alpha value is -2.28. The maximum absolute atomic E-state index is 11.4. The van der Waals surface area contributed by atoms with Crippen LogP contribution in [0.25, 0.3) is 6.08 Å². The fraction of sp³-hybridized carbons (Fsp3) is 0.438. The van der Waals surface area contributed by atoms with Gasteiger partial charge in [-0.15, -0.1) is 0 Å². The number of anilines is 1. The average molecular weight is 354 g/mol. The minimum atomic E-state index is -0.869. The zero-order valence-corrected chi connectivity index (χ0v) is 14.1. The molecule has 1 aromatic rings. The highest BCUT2D eigenvalue weighted by Crippen LogP contribution is 2.22. The van der Waals surface area contributed by atoms with Crippen molar-refractivity contribution in [3.05, 3.63) is 29.1 Å². The van der Waals surface area contributed by atoms with E-state index in [4.69, 9.17) is 21.4 Å². The predicted molar refractivity (Wildman–Crippen MR) is 91.1 cm³/mol. The number of carbonyl (C=O) groups excluding carboxylic acids is 1. The first-order chi connectivity index (χ1) is 11.5. The number of halogens is 1. The van der Waals surface area contributed by atoms with E-state index in [1.807, 2.05) is 0 Å². The molecule has 130 valence electrons. The average Bonchev–Trinajstić information content (AvgIpc) is 2.48. The van der Waals surface area contributed by atoms with Crippen molar-refractivity contribution in [2.45, 2.75) is 13.3 Å². The first-order valence-corrected chi connectivity index (χ1v) is 8.09. The molecule has 2 heterocycles. The van der Waals surface area contributed by atoms with Gasteiger partial charge >= 0.3 is 12.1 Å². The van der Waals surface area contributed by atoms with Crippen molar-refractivity contribution < 1.29 is 19.4 Å². The largest absolute Gasteiger partial charge is 0.465 e. The van der Waals surface area contributed by atoms with Gasteiger partial charge in [-0.05, 0) is 31.4 Å². The smallest absolute Gasteiger partial charge is 0.407 e. The van der Waals surface area contributed by atoms with Crippen LogP contribution < -0.4 is 5.32 Å². The molecule has 7 nitrogen and oxygen atoms in total. The second-order valence-corrected chi connectivity index (χ2v) is 5.84. The maximum atomic E-state index is 11.4. The molecule has 2 rings (SSSR count). The van der Waals surface area contributed by atoms with Crippen LogP contribution in [0.2, 0.25) is 5.15 Å². The zero-order chi connectivity index (χ0) is 17.5. The fourth-order valence-corrected chi connectivity index (χ4v) is 2.55. The number of carboxylic acid groups (broad SMARTS) is 1. The quantitative estimate of drug-likeness (QED) is 0.445. The maximum Gasteiger partial charge on any atom is 0.407 e. The second kappa shape index (κ2) is 8.54. The summed E-state index contributed by atoms with van der Waals surface area (Å²) in [5.41, 5.74) is 1.50. The van der Waals surface area contributed by atoms with Crippen molar-refractivity contribution in [1.82, 2.24) is 9.88 Å². The molecule has 0 atom stereocenters. The lowest BCUT2D eigenvalue weighted by atomic mass is 9.97. The van der Waals surface area contributed by atoms with E-state index in [1.165, 1.54) is 11.0 Å². The lowest BCUT2D eigenvalue weighted by Gasteiger charge is -2.37. The van der Waals surface area contributed by atoms with E-state index >= 15 is 0 Å². The van der Waals surface area contributed by atoms with Crippen LogP contribution in [0.15, 0.2) is 18.3 Å². The summed E-state index contributed by atoms with van der Waals surface area (Å²) in [5.74, 6) is -0.0499. The number of nitrogens with zero attached hydrogens (tertiary/aromatic N) is 2. The molecule has 1 aromatic heterocycles. The molecule has 0 spiro atoms. The first-order valence-electron chi connectivity index (χ1n) is 7.71. The Balaban J connectivity index is 1.88. The van der Waals surface area contributed by atoms with E-state index in [-0.39, 0.29) is 0 Å². The Morgan fingerprint density at radius 2 is 2.29 bits per heavy atom. The van der Waals surface area contributed by atoms with Crippen molar-refractivity contribution in [2.75, 3.05) is 31.6 Å². The van der Waals surface area contributed by atoms with Crippen molar-refractivity contribution in [1.29, 1.82) is 0 Å². The number of carbonyl (C=O) groups is 2. The number of likely N-dealkylation sites (tertiary alicyclic amines) is 1. The van der Waals surface area contributed by atoms with Crippen molar-refractivity contribution >= 4 is 35.4 Å². The van der Waals surface area contributed by atoms with E-state index < -0.39 is 12.1 Å². The van der Waals surface area contributed by atoms with Gasteiger partial charge in [-0.3, -0.25) is 0 Å². The van der Waals surface area contributed by atoms with Crippen LogP contribution in [-0.4, -0.2) is 53.3 Å². The molecular weight excluding hydrogens is 334 g/mol. The Morgan fingerprint density at radius 1 is 1.54 bits per heavy atom. The molecule has 0 aromatic carbocycles. The number of amides is 1. The van der Waals surface area contributed by atoms with Crippen molar-refractivity contribution in [3.8, 4) is 0 Å². The highest BCUT2D eigenvalue weighted by Gasteiger charge is 2.29. The van der Waals surface area contributed by atoms with E-state index in [9.17, 15) is 9.59 Å². The number of hydrogen-bond donors (Lipinski definition) is 2. The second-order valence-electron chi connectivity index (χ2n) is 5.45. The molecule has 1 fully saturated rings. The van der Waals surface area contributed by atoms with Gasteiger partial charge in [0.05, 0.1) is 6.61 Å². The van der Waals surface area contributed by atoms with Gasteiger partial charge in [-0.1, -0.05) is 11.6 Å². The molecule has 0 unspecified atom stereocenters. The number of hydrogen-bond acceptors (Lipinski definition) is 5. The highest BCUT2D eigenvalue weighted by atomic mass is 35.5. The number of aromatic nitrogens is 1. The molecule has 24 heavy (non-hydrogen) atoms. The SMILES string of the molecule is CCOC(=O)C=Cc1cnc(Cl)cc1NCCC1CN(C(=O)O)C1. The van der Waals surface area contributed by atoms with E-state index in [0.29, 0.717) is 37.3 Å². The number of ether oxygens (including phenoxy) is 1. The Kier molecular flexibility index (Phi) is 6.43. The first kappa shape index (κ1) is 18.1. The van der Waals surface area contributed by atoms with Gasteiger partial charge in [0.2, 0.25) is 0 Å². The van der Waals surface area contributed by atoms with Gasteiger partial charge in [0.1, 0.15) is 5.15 Å². The van der Waals surface area contributed by atoms with Gasteiger partial charge in [-0.2, -0.15) is 0 Å². The molecule has 0 aliphatic carbocycles. The van der Waals surface area contributed by atoms with Crippen LogP contribution in [0.1, 0.15) is 18.9 Å². The van der Waals surface area contributed by atoms with Crippen LogP contribution in [-0.2, 0) is 9.53 Å². The van der Waals surface area contributed by atoms with Crippen LogP contribution in [0.4, 0.5) is 10.5 Å². The molecule has 2 N–H and O–H groups in total. The molecule has 1 aliphatic rings. The summed E-state index contributed by atoms with van der Waals surface area (Å²) in [7, 11) is 0. The number of nitrogens with one attached hydrogen (secondary N) is 1. The third-order valence-electron chi connectivity index (χ3n) is 3.68. The number of pyridine rings is 1. The molecule has 1 amide bonds. The molecule has 0 radical (unpaired) electrons. The van der Waals surface area contributed by atoms with Crippen LogP contribution in [0, 0.1) is 5.92 Å². The zero-order valence-electron chi connectivity index (χ0n) is 13.4. The minimum Gasteiger partial charge on any atom is -0.465 e. The van der Waals surface area contributed by atoms with Gasteiger partial charge in [-0.25, -0.2) is 14.6 Å². The molecule has 0 bridgehead atoms. The summed E-state index contributed by atoms with van der Waals surface area (Å²) in [6.45, 7) is 3.89. The molecular formula is C16H20ClN3O4. The van der Waals surface area contributed by atoms with Gasteiger partial charge < -0.3 is 20.1 Å². The fourth-order valence-electron chi connectivity index (χ4n) is 2.39. The summed E-state index contributed by atoms with van der Waals surface area (Å²) < 4.78 is 4.85. The summed E-state index contributed by atoms with van der Waals surface area (Å²) in [5, 5.41) is 12.4. The van der Waals surface area contributed by atoms with Crippen LogP contribution in [0.5, 0.6) is 0 Å². The summed E-state index contributed by atoms with van der Waals surface area (Å²) in [6, 6.07) is 1.69. The summed E-state index contributed by atoms with van der Waals surface area (Å²) in [4.78, 5) is 27.5. The van der Waals surface area contributed by atoms with Gasteiger partial charge in [0.25, 0.3) is 0 Å². The Labute approximate surface area is 145 Å². The molecule has 0 saturated carbocycles. The van der Waals surface area contributed by atoms with Gasteiger partial charge in [0, 0.05) is 43.2 Å². The standard InChI is InChI=1S/C16H20ClN3O4/c1-2-24-15(21)4-3-12-8-19-14(17)7-13(12)18-6-5-11-9-20(10-11)16(22)23/h3-4,7-8,11H,2,5-6,9-10H2,1H3,(H,18,19)(H,22,23). The normalized spacial score (nSPS) is 14.5. The Bertz CT molecular complexity index is 630. The third-order valence-corrected chi connectivity index (χ3v) is 3.89. The lowest BCUT2D eigenvalue weighted by Crippen LogP contribution is -2.49. The van der Waals surface area contributed by atoms with Crippen molar-refractivity contribution in [2.24, 2.45) is 5.92 Å². The number of esters is 1. The molecule has 1 saturated heterocycles. The topological polar surface area (TPSA) is 91.8 Å². The van der Waals surface area contributed by atoms with Crippen molar-refractivity contribution in [3.63, 3.8) is 0 Å². The summed E-state index contributed by atoms with van der Waals surface area (Å²) >= 11 is 5.92. The van der Waals surface area contributed by atoms with Gasteiger partial charge in [0.15, 0.2) is 0 Å². The third kappa shape index (κ3) is 5.13. The molecule has 1 aliphatic heterocycles. The predicted octanol–water partition coefficient (Wildman–Crippen LogP) is 2.72.